The van der Waals surface area contributed by atoms with Gasteiger partial charge in [0.05, 0.1) is 12.3 Å². The Morgan fingerprint density at radius 1 is 1.45 bits per heavy atom. The fourth-order valence-corrected chi connectivity index (χ4v) is 2.62. The van der Waals surface area contributed by atoms with E-state index in [1.165, 1.54) is 12.8 Å². The Morgan fingerprint density at radius 3 is 2.90 bits per heavy atom. The molecule has 0 aliphatic carbocycles. The first-order chi connectivity index (χ1) is 9.81. The number of nitrogens with zero attached hydrogens (tertiary/aromatic N) is 1. The molecule has 1 saturated heterocycles. The van der Waals surface area contributed by atoms with Crippen molar-refractivity contribution in [3.05, 3.63) is 24.2 Å². The molecule has 0 radical (unpaired) electrons. The maximum absolute atomic E-state index is 11.8. The Labute approximate surface area is 120 Å². The maximum Gasteiger partial charge on any atom is 0.221 e. The van der Waals surface area contributed by atoms with Gasteiger partial charge in [0, 0.05) is 19.5 Å². The summed E-state index contributed by atoms with van der Waals surface area (Å²) < 4.78 is 5.53. The average Bonchev–Trinajstić information content (AvgIpc) is 3.12. The van der Waals surface area contributed by atoms with Crippen molar-refractivity contribution >= 4 is 5.91 Å². The number of amides is 1. The van der Waals surface area contributed by atoms with Gasteiger partial charge in [0.2, 0.25) is 5.91 Å². The van der Waals surface area contributed by atoms with E-state index in [0.29, 0.717) is 13.0 Å². The van der Waals surface area contributed by atoms with Gasteiger partial charge in [-0.2, -0.15) is 0 Å². The van der Waals surface area contributed by atoms with Gasteiger partial charge >= 0.3 is 0 Å². The third-order valence-corrected chi connectivity index (χ3v) is 3.72. The van der Waals surface area contributed by atoms with E-state index in [2.05, 4.69) is 15.5 Å². The number of hydrogen-bond acceptors (Lipinski definition) is 4. The summed E-state index contributed by atoms with van der Waals surface area (Å²) in [5.74, 6) is 1.04. The number of carbonyl (C=O) groups is 1. The molecule has 1 aromatic rings. The highest BCUT2D eigenvalue weighted by atomic mass is 16.3. The zero-order valence-electron chi connectivity index (χ0n) is 12.2. The summed E-state index contributed by atoms with van der Waals surface area (Å²) in [6.45, 7) is 6.46. The largest absolute Gasteiger partial charge is 0.468 e. The van der Waals surface area contributed by atoms with Crippen LogP contribution in [0.15, 0.2) is 22.8 Å². The van der Waals surface area contributed by atoms with Gasteiger partial charge in [-0.25, -0.2) is 0 Å². The Bertz CT molecular complexity index is 386. The fraction of sp³-hybridized carbons (Fsp3) is 0.667. The zero-order chi connectivity index (χ0) is 14.2. The van der Waals surface area contributed by atoms with Crippen LogP contribution in [-0.2, 0) is 4.79 Å². The molecular formula is C15H25N3O2. The predicted molar refractivity (Wildman–Crippen MR) is 78.4 cm³/mol. The highest BCUT2D eigenvalue weighted by Gasteiger charge is 2.25. The molecule has 0 bridgehead atoms. The molecule has 2 heterocycles. The lowest BCUT2D eigenvalue weighted by Gasteiger charge is -2.26. The third kappa shape index (κ3) is 4.35. The van der Waals surface area contributed by atoms with Crippen molar-refractivity contribution in [2.45, 2.75) is 32.2 Å². The third-order valence-electron chi connectivity index (χ3n) is 3.72. The molecule has 1 fully saturated rings. The molecule has 112 valence electrons. The van der Waals surface area contributed by atoms with Crippen LogP contribution in [0.5, 0.6) is 0 Å². The second kappa shape index (κ2) is 8.07. The van der Waals surface area contributed by atoms with E-state index >= 15 is 0 Å². The van der Waals surface area contributed by atoms with Crippen LogP contribution in [0.2, 0.25) is 0 Å². The molecule has 1 aliphatic heterocycles. The molecule has 1 amide bonds. The summed E-state index contributed by atoms with van der Waals surface area (Å²) in [5, 5.41) is 6.19. The van der Waals surface area contributed by atoms with Gasteiger partial charge < -0.3 is 15.1 Å². The Kier molecular flexibility index (Phi) is 6.08. The number of hydrogen-bond donors (Lipinski definition) is 2. The van der Waals surface area contributed by atoms with E-state index in [0.717, 1.165) is 31.9 Å². The highest BCUT2D eigenvalue weighted by Crippen LogP contribution is 2.24. The molecule has 1 aliphatic rings. The SMILES string of the molecule is CCNCCC(=O)NCC(c1ccco1)N1CCCC1. The molecule has 0 spiro atoms. The van der Waals surface area contributed by atoms with Crippen molar-refractivity contribution in [3.63, 3.8) is 0 Å². The van der Waals surface area contributed by atoms with E-state index in [1.54, 1.807) is 6.26 Å². The molecule has 20 heavy (non-hydrogen) atoms. The first kappa shape index (κ1) is 15.1. The summed E-state index contributed by atoms with van der Waals surface area (Å²) in [4.78, 5) is 14.2. The summed E-state index contributed by atoms with van der Waals surface area (Å²) in [5.41, 5.74) is 0. The number of carbonyl (C=O) groups excluding carboxylic acids is 1. The van der Waals surface area contributed by atoms with Crippen molar-refractivity contribution in [2.24, 2.45) is 0 Å². The van der Waals surface area contributed by atoms with Crippen LogP contribution in [0.1, 0.15) is 38.0 Å². The van der Waals surface area contributed by atoms with E-state index in [1.807, 2.05) is 19.1 Å². The number of furan rings is 1. The normalized spacial score (nSPS) is 17.2. The van der Waals surface area contributed by atoms with Crippen molar-refractivity contribution in [3.8, 4) is 0 Å². The molecule has 2 N–H and O–H groups in total. The van der Waals surface area contributed by atoms with Crippen molar-refractivity contribution < 1.29 is 9.21 Å². The Balaban J connectivity index is 1.83. The Hall–Kier alpha value is -1.33. The van der Waals surface area contributed by atoms with Gasteiger partial charge in [0.25, 0.3) is 0 Å². The average molecular weight is 279 g/mol. The van der Waals surface area contributed by atoms with Crippen LogP contribution < -0.4 is 10.6 Å². The lowest BCUT2D eigenvalue weighted by atomic mass is 10.2. The van der Waals surface area contributed by atoms with Crippen molar-refractivity contribution in [2.75, 3.05) is 32.7 Å². The molecular weight excluding hydrogens is 254 g/mol. The molecule has 0 aromatic carbocycles. The molecule has 2 rings (SSSR count). The summed E-state index contributed by atoms with van der Waals surface area (Å²) >= 11 is 0. The molecule has 5 nitrogen and oxygen atoms in total. The molecule has 0 saturated carbocycles. The fourth-order valence-electron chi connectivity index (χ4n) is 2.62. The maximum atomic E-state index is 11.8. The number of nitrogens with one attached hydrogen (secondary N) is 2. The summed E-state index contributed by atoms with van der Waals surface area (Å²) in [7, 11) is 0. The van der Waals surface area contributed by atoms with Gasteiger partial charge in [-0.1, -0.05) is 6.92 Å². The van der Waals surface area contributed by atoms with Crippen LogP contribution in [0.3, 0.4) is 0 Å². The first-order valence-corrected chi connectivity index (χ1v) is 7.56. The topological polar surface area (TPSA) is 57.5 Å². The molecule has 1 atom stereocenters. The minimum atomic E-state index is 0.0988. The van der Waals surface area contributed by atoms with Gasteiger partial charge in [-0.15, -0.1) is 0 Å². The zero-order valence-corrected chi connectivity index (χ0v) is 12.2. The Morgan fingerprint density at radius 2 is 2.25 bits per heavy atom. The van der Waals surface area contributed by atoms with Crippen LogP contribution in [0.4, 0.5) is 0 Å². The monoisotopic (exact) mass is 279 g/mol. The van der Waals surface area contributed by atoms with E-state index in [9.17, 15) is 4.79 Å². The molecule has 1 aromatic heterocycles. The molecule has 5 heteroatoms. The minimum absolute atomic E-state index is 0.0988. The van der Waals surface area contributed by atoms with Crippen LogP contribution in [0, 0.1) is 0 Å². The second-order valence-electron chi connectivity index (χ2n) is 5.18. The van der Waals surface area contributed by atoms with Crippen LogP contribution in [0.25, 0.3) is 0 Å². The van der Waals surface area contributed by atoms with E-state index < -0.39 is 0 Å². The van der Waals surface area contributed by atoms with Gasteiger partial charge in [0.1, 0.15) is 5.76 Å². The number of likely N-dealkylation sites (tertiary alicyclic amines) is 1. The standard InChI is InChI=1S/C15H25N3O2/c1-2-16-8-7-15(19)17-12-13(14-6-5-11-20-14)18-9-3-4-10-18/h5-6,11,13,16H,2-4,7-10,12H2,1H3,(H,17,19). The number of rotatable bonds is 8. The van der Waals surface area contributed by atoms with E-state index in [4.69, 9.17) is 4.42 Å². The van der Waals surface area contributed by atoms with Crippen molar-refractivity contribution in [1.29, 1.82) is 0 Å². The second-order valence-corrected chi connectivity index (χ2v) is 5.18. The van der Waals surface area contributed by atoms with Gasteiger partial charge in [0.15, 0.2) is 0 Å². The predicted octanol–water partition coefficient (Wildman–Crippen LogP) is 1.53. The van der Waals surface area contributed by atoms with Crippen molar-refractivity contribution in [1.82, 2.24) is 15.5 Å². The van der Waals surface area contributed by atoms with Gasteiger partial charge in [-0.3, -0.25) is 9.69 Å². The lowest BCUT2D eigenvalue weighted by Crippen LogP contribution is -2.37. The van der Waals surface area contributed by atoms with Gasteiger partial charge in [-0.05, 0) is 44.6 Å². The van der Waals surface area contributed by atoms with Crippen LogP contribution >= 0.6 is 0 Å². The summed E-state index contributed by atoms with van der Waals surface area (Å²) in [6, 6.07) is 4.06. The highest BCUT2D eigenvalue weighted by molar-refractivity contribution is 5.76. The van der Waals surface area contributed by atoms with Crippen LogP contribution in [-0.4, -0.2) is 43.5 Å². The van der Waals surface area contributed by atoms with E-state index in [-0.39, 0.29) is 11.9 Å². The quantitative estimate of drug-likeness (QED) is 0.709. The minimum Gasteiger partial charge on any atom is -0.468 e. The first-order valence-electron chi connectivity index (χ1n) is 7.56. The molecule has 1 unspecified atom stereocenters. The smallest absolute Gasteiger partial charge is 0.221 e. The lowest BCUT2D eigenvalue weighted by molar-refractivity contribution is -0.121. The summed E-state index contributed by atoms with van der Waals surface area (Å²) in [6.07, 6.45) is 4.68.